The van der Waals surface area contributed by atoms with E-state index in [1.807, 2.05) is 0 Å². The van der Waals surface area contributed by atoms with Crippen LogP contribution in [0.3, 0.4) is 0 Å². The summed E-state index contributed by atoms with van der Waals surface area (Å²) in [5, 5.41) is 0. The first-order valence-corrected chi connectivity index (χ1v) is 8.40. The van der Waals surface area contributed by atoms with Crippen molar-refractivity contribution in [1.82, 2.24) is 0 Å². The van der Waals surface area contributed by atoms with Crippen LogP contribution < -0.4 is 0 Å². The normalized spacial score (nSPS) is 10.9. The maximum atomic E-state index is 6.19. The highest BCUT2D eigenvalue weighted by molar-refractivity contribution is 9.10. The average molecular weight is 332 g/mol. The Bertz CT molecular complexity index is 385. The summed E-state index contributed by atoms with van der Waals surface area (Å²) in [6.07, 6.45) is 6.96. The summed E-state index contributed by atoms with van der Waals surface area (Å²) in [5.41, 5.74) is 5.73. The molecule has 0 nitrogen and oxygen atoms in total. The Morgan fingerprint density at radius 3 is 1.94 bits per heavy atom. The smallest absolute Gasteiger partial charge is 0.0479 e. The largest absolute Gasteiger partial charge is 0.122 e. The van der Waals surface area contributed by atoms with Crippen molar-refractivity contribution in [2.75, 3.05) is 0 Å². The van der Waals surface area contributed by atoms with E-state index < -0.39 is 0 Å². The van der Waals surface area contributed by atoms with Gasteiger partial charge >= 0.3 is 0 Å². The second-order valence-corrected chi connectivity index (χ2v) is 5.91. The molecule has 0 amide bonds. The van der Waals surface area contributed by atoms with Crippen LogP contribution in [-0.4, -0.2) is 0 Å². The lowest BCUT2D eigenvalue weighted by molar-refractivity contribution is 0.848. The van der Waals surface area contributed by atoms with Gasteiger partial charge in [0.2, 0.25) is 0 Å². The molecule has 0 aliphatic heterocycles. The number of halogens is 2. The van der Waals surface area contributed by atoms with E-state index in [1.165, 1.54) is 46.0 Å². The van der Waals surface area contributed by atoms with Gasteiger partial charge in [0.05, 0.1) is 0 Å². The van der Waals surface area contributed by atoms with Gasteiger partial charge in [-0.1, -0.05) is 62.0 Å². The molecule has 2 heteroatoms. The molecule has 102 valence electrons. The summed E-state index contributed by atoms with van der Waals surface area (Å²) in [4.78, 5) is 0. The van der Waals surface area contributed by atoms with Gasteiger partial charge < -0.3 is 0 Å². The van der Waals surface area contributed by atoms with Crippen LogP contribution in [0.4, 0.5) is 0 Å². The fraction of sp³-hybridized carbons (Fsp3) is 0.625. The average Bonchev–Trinajstić information content (AvgIpc) is 2.36. The second-order valence-electron chi connectivity index (χ2n) is 4.85. The number of benzene rings is 1. The van der Waals surface area contributed by atoms with Crippen molar-refractivity contribution in [2.45, 2.75) is 65.2 Å². The Hall–Kier alpha value is -0.0100. The molecule has 0 aromatic heterocycles. The van der Waals surface area contributed by atoms with E-state index >= 15 is 0 Å². The SMILES string of the molecule is CCCc1cc(CCC)c(CCl)c(CCC)c1Br. The fourth-order valence-electron chi connectivity index (χ4n) is 2.50. The molecule has 1 aromatic carbocycles. The summed E-state index contributed by atoms with van der Waals surface area (Å²) in [6, 6.07) is 2.37. The van der Waals surface area contributed by atoms with Gasteiger partial charge in [0.1, 0.15) is 0 Å². The van der Waals surface area contributed by atoms with Crippen molar-refractivity contribution in [3.8, 4) is 0 Å². The molecule has 0 atom stereocenters. The Balaban J connectivity index is 3.32. The number of aryl methyl sites for hydroxylation is 2. The van der Waals surface area contributed by atoms with Gasteiger partial charge in [0, 0.05) is 10.4 Å². The van der Waals surface area contributed by atoms with Crippen molar-refractivity contribution in [3.63, 3.8) is 0 Å². The lowest BCUT2D eigenvalue weighted by atomic mass is 9.92. The fourth-order valence-corrected chi connectivity index (χ4v) is 3.58. The zero-order chi connectivity index (χ0) is 13.5. The maximum Gasteiger partial charge on any atom is 0.0479 e. The topological polar surface area (TPSA) is 0 Å². The molecule has 1 aromatic rings. The zero-order valence-corrected chi connectivity index (χ0v) is 14.1. The lowest BCUT2D eigenvalue weighted by Crippen LogP contribution is -2.03. The molecule has 0 aliphatic rings. The Labute approximate surface area is 125 Å². The quantitative estimate of drug-likeness (QED) is 0.534. The van der Waals surface area contributed by atoms with Crippen LogP contribution >= 0.6 is 27.5 Å². The van der Waals surface area contributed by atoms with Crippen molar-refractivity contribution in [2.24, 2.45) is 0 Å². The van der Waals surface area contributed by atoms with Crippen LogP contribution in [0.1, 0.15) is 62.3 Å². The Kier molecular flexibility index (Phi) is 7.33. The van der Waals surface area contributed by atoms with Crippen LogP contribution in [0.15, 0.2) is 10.5 Å². The van der Waals surface area contributed by atoms with E-state index in [4.69, 9.17) is 11.6 Å². The molecular formula is C16H24BrCl. The minimum atomic E-state index is 0.635. The minimum Gasteiger partial charge on any atom is -0.122 e. The van der Waals surface area contributed by atoms with Gasteiger partial charge in [0.25, 0.3) is 0 Å². The van der Waals surface area contributed by atoms with E-state index in [0.717, 1.165) is 19.3 Å². The van der Waals surface area contributed by atoms with Crippen molar-refractivity contribution in [3.05, 3.63) is 32.8 Å². The predicted octanol–water partition coefficient (Wildman–Crippen LogP) is 6.05. The second kappa shape index (κ2) is 8.22. The van der Waals surface area contributed by atoms with Gasteiger partial charge in [-0.05, 0) is 41.5 Å². The first-order valence-electron chi connectivity index (χ1n) is 7.07. The zero-order valence-electron chi connectivity index (χ0n) is 11.8. The van der Waals surface area contributed by atoms with Crippen molar-refractivity contribution >= 4 is 27.5 Å². The van der Waals surface area contributed by atoms with Crippen molar-refractivity contribution < 1.29 is 0 Å². The molecule has 0 bridgehead atoms. The summed E-state index contributed by atoms with van der Waals surface area (Å²) < 4.78 is 1.31. The first-order chi connectivity index (χ1) is 8.69. The molecule has 0 N–H and O–H groups in total. The third-order valence-electron chi connectivity index (χ3n) is 3.32. The van der Waals surface area contributed by atoms with E-state index in [9.17, 15) is 0 Å². The summed E-state index contributed by atoms with van der Waals surface area (Å²) in [7, 11) is 0. The molecule has 18 heavy (non-hydrogen) atoms. The van der Waals surface area contributed by atoms with Gasteiger partial charge in [-0.15, -0.1) is 11.6 Å². The molecule has 0 aliphatic carbocycles. The summed E-state index contributed by atoms with van der Waals surface area (Å²) >= 11 is 9.99. The van der Waals surface area contributed by atoms with Gasteiger partial charge in [-0.25, -0.2) is 0 Å². The van der Waals surface area contributed by atoms with Crippen LogP contribution in [0.25, 0.3) is 0 Å². The highest BCUT2D eigenvalue weighted by atomic mass is 79.9. The third kappa shape index (κ3) is 3.74. The first kappa shape index (κ1) is 16.0. The summed E-state index contributed by atoms with van der Waals surface area (Å²) in [6.45, 7) is 6.70. The lowest BCUT2D eigenvalue weighted by Gasteiger charge is -2.18. The number of hydrogen-bond acceptors (Lipinski definition) is 0. The highest BCUT2D eigenvalue weighted by Crippen LogP contribution is 2.32. The van der Waals surface area contributed by atoms with Crippen molar-refractivity contribution in [1.29, 1.82) is 0 Å². The number of alkyl halides is 1. The third-order valence-corrected chi connectivity index (χ3v) is 4.57. The molecule has 0 heterocycles. The molecule has 0 radical (unpaired) electrons. The molecular weight excluding hydrogens is 308 g/mol. The van der Waals surface area contributed by atoms with Gasteiger partial charge in [0.15, 0.2) is 0 Å². The van der Waals surface area contributed by atoms with Crippen LogP contribution in [0, 0.1) is 0 Å². The van der Waals surface area contributed by atoms with E-state index in [2.05, 4.69) is 42.8 Å². The minimum absolute atomic E-state index is 0.635. The highest BCUT2D eigenvalue weighted by Gasteiger charge is 2.14. The molecule has 1 rings (SSSR count). The molecule has 0 saturated heterocycles. The van der Waals surface area contributed by atoms with Crippen LogP contribution in [-0.2, 0) is 25.1 Å². The Morgan fingerprint density at radius 1 is 0.889 bits per heavy atom. The molecule has 0 fully saturated rings. The predicted molar refractivity (Wildman–Crippen MR) is 85.7 cm³/mol. The van der Waals surface area contributed by atoms with Gasteiger partial charge in [-0.2, -0.15) is 0 Å². The van der Waals surface area contributed by atoms with E-state index in [-0.39, 0.29) is 0 Å². The van der Waals surface area contributed by atoms with E-state index in [1.54, 1.807) is 0 Å². The standard InChI is InChI=1S/C16H24BrCl/c1-4-7-12-10-13(8-5-2)16(17)14(9-6-3)15(12)11-18/h10H,4-9,11H2,1-3H3. The van der Waals surface area contributed by atoms with Gasteiger partial charge in [-0.3, -0.25) is 0 Å². The Morgan fingerprint density at radius 2 is 1.44 bits per heavy atom. The monoisotopic (exact) mass is 330 g/mol. The van der Waals surface area contributed by atoms with E-state index in [0.29, 0.717) is 5.88 Å². The summed E-state index contributed by atoms with van der Waals surface area (Å²) in [5.74, 6) is 0.635. The number of rotatable bonds is 7. The molecule has 0 spiro atoms. The molecule has 0 unspecified atom stereocenters. The molecule has 0 saturated carbocycles. The maximum absolute atomic E-state index is 6.19. The van der Waals surface area contributed by atoms with Crippen LogP contribution in [0.5, 0.6) is 0 Å². The van der Waals surface area contributed by atoms with Crippen LogP contribution in [0.2, 0.25) is 0 Å². The number of hydrogen-bond donors (Lipinski definition) is 0.